The molecule has 1 unspecified atom stereocenters. The fraction of sp³-hybridized carbons (Fsp3) is 0.875. The molecule has 0 rings (SSSR count). The van der Waals surface area contributed by atoms with Crippen molar-refractivity contribution in [3.05, 3.63) is 0 Å². The Morgan fingerprint density at radius 3 is 2.85 bits per heavy atom. The third-order valence-corrected chi connectivity index (χ3v) is 1.33. The molecule has 0 aromatic heterocycles. The van der Waals surface area contributed by atoms with Crippen LogP contribution >= 0.6 is 0 Å². The highest BCUT2D eigenvalue weighted by atomic mass is 16.5. The molecule has 5 nitrogen and oxygen atoms in total. The normalized spacial score (nSPS) is 12.5. The summed E-state index contributed by atoms with van der Waals surface area (Å²) in [6.07, 6.45) is -0.0258. The highest BCUT2D eigenvalue weighted by molar-refractivity contribution is 5.77. The van der Waals surface area contributed by atoms with Gasteiger partial charge >= 0.3 is 0 Å². The van der Waals surface area contributed by atoms with E-state index >= 15 is 0 Å². The van der Waals surface area contributed by atoms with Crippen LogP contribution in [0.3, 0.4) is 0 Å². The maximum atomic E-state index is 10.9. The van der Waals surface area contributed by atoms with E-state index in [0.717, 1.165) is 6.42 Å². The van der Waals surface area contributed by atoms with Crippen molar-refractivity contribution in [2.24, 2.45) is 0 Å². The molecule has 0 bridgehead atoms. The van der Waals surface area contributed by atoms with Crippen molar-refractivity contribution in [3.8, 4) is 0 Å². The first kappa shape index (κ1) is 12.3. The first-order valence-corrected chi connectivity index (χ1v) is 4.34. The van der Waals surface area contributed by atoms with Gasteiger partial charge in [0.1, 0.15) is 6.61 Å². The lowest BCUT2D eigenvalue weighted by molar-refractivity contribution is -0.126. The van der Waals surface area contributed by atoms with E-state index < -0.39 is 6.10 Å². The number of carbonyl (C=O) groups excluding carboxylic acids is 1. The van der Waals surface area contributed by atoms with Crippen molar-refractivity contribution < 1.29 is 19.7 Å². The Morgan fingerprint density at radius 1 is 1.62 bits per heavy atom. The van der Waals surface area contributed by atoms with E-state index in [-0.39, 0.29) is 25.7 Å². The van der Waals surface area contributed by atoms with Crippen LogP contribution in [0.1, 0.15) is 13.3 Å². The summed E-state index contributed by atoms with van der Waals surface area (Å²) in [5.74, 6) is -0.277. The molecule has 5 heteroatoms. The minimum atomic E-state index is -0.893. The standard InChI is InChI=1S/C8H17NO4/c1-2-3-13-6-8(12)9-4-7(11)5-10/h7,10-11H,2-6H2,1H3,(H,9,12). The Hall–Kier alpha value is -0.650. The molecule has 1 amide bonds. The van der Waals surface area contributed by atoms with Gasteiger partial charge in [-0.15, -0.1) is 0 Å². The van der Waals surface area contributed by atoms with Crippen molar-refractivity contribution in [3.63, 3.8) is 0 Å². The van der Waals surface area contributed by atoms with Crippen molar-refractivity contribution in [1.82, 2.24) is 5.32 Å². The summed E-state index contributed by atoms with van der Waals surface area (Å²) in [5.41, 5.74) is 0. The molecule has 0 aliphatic rings. The van der Waals surface area contributed by atoms with Crippen LogP contribution in [0.5, 0.6) is 0 Å². The SMILES string of the molecule is CCCOCC(=O)NCC(O)CO. The van der Waals surface area contributed by atoms with Gasteiger partial charge in [-0.25, -0.2) is 0 Å². The topological polar surface area (TPSA) is 78.8 Å². The quantitative estimate of drug-likeness (QED) is 0.445. The number of hydrogen-bond acceptors (Lipinski definition) is 4. The van der Waals surface area contributed by atoms with Crippen molar-refractivity contribution >= 4 is 5.91 Å². The Kier molecular flexibility index (Phi) is 7.57. The molecule has 0 aromatic rings. The molecule has 0 saturated heterocycles. The zero-order chi connectivity index (χ0) is 10.1. The Bertz CT molecular complexity index is 140. The van der Waals surface area contributed by atoms with Crippen molar-refractivity contribution in [2.45, 2.75) is 19.4 Å². The maximum absolute atomic E-state index is 10.9. The summed E-state index contributed by atoms with van der Waals surface area (Å²) in [5, 5.41) is 19.7. The molecule has 13 heavy (non-hydrogen) atoms. The average Bonchev–Trinajstić information content (AvgIpc) is 2.14. The first-order valence-electron chi connectivity index (χ1n) is 4.34. The van der Waals surface area contributed by atoms with Gasteiger partial charge in [0.25, 0.3) is 0 Å². The van der Waals surface area contributed by atoms with E-state index in [9.17, 15) is 4.79 Å². The zero-order valence-electron chi connectivity index (χ0n) is 7.82. The molecule has 78 valence electrons. The van der Waals surface area contributed by atoms with Crippen LogP contribution in [-0.4, -0.2) is 48.6 Å². The molecule has 3 N–H and O–H groups in total. The number of rotatable bonds is 7. The smallest absolute Gasteiger partial charge is 0.246 e. The fourth-order valence-corrected chi connectivity index (χ4v) is 0.656. The van der Waals surface area contributed by atoms with Crippen LogP contribution in [0.2, 0.25) is 0 Å². The zero-order valence-corrected chi connectivity index (χ0v) is 7.82. The van der Waals surface area contributed by atoms with Gasteiger partial charge in [0.15, 0.2) is 0 Å². The lowest BCUT2D eigenvalue weighted by Crippen LogP contribution is -2.36. The largest absolute Gasteiger partial charge is 0.394 e. The molecule has 0 heterocycles. The molecule has 0 radical (unpaired) electrons. The van der Waals surface area contributed by atoms with Gasteiger partial charge in [0.05, 0.1) is 12.7 Å². The summed E-state index contributed by atoms with van der Waals surface area (Å²) in [7, 11) is 0. The predicted octanol–water partition coefficient (Wildman–Crippen LogP) is -1.12. The average molecular weight is 191 g/mol. The van der Waals surface area contributed by atoms with Crippen LogP contribution in [0, 0.1) is 0 Å². The Morgan fingerprint density at radius 2 is 2.31 bits per heavy atom. The Labute approximate surface area is 77.7 Å². The lowest BCUT2D eigenvalue weighted by atomic mass is 10.4. The summed E-state index contributed by atoms with van der Waals surface area (Å²) >= 11 is 0. The number of aliphatic hydroxyl groups is 2. The number of amides is 1. The van der Waals surface area contributed by atoms with Gasteiger partial charge in [-0.1, -0.05) is 6.92 Å². The number of nitrogens with one attached hydrogen (secondary N) is 1. The summed E-state index contributed by atoms with van der Waals surface area (Å²) < 4.78 is 4.95. The van der Waals surface area contributed by atoms with E-state index in [1.807, 2.05) is 6.92 Å². The molecule has 0 spiro atoms. The molecular formula is C8H17NO4. The van der Waals surface area contributed by atoms with Crippen molar-refractivity contribution in [1.29, 1.82) is 0 Å². The highest BCUT2D eigenvalue weighted by Crippen LogP contribution is 1.81. The third kappa shape index (κ3) is 7.70. The van der Waals surface area contributed by atoms with E-state index in [0.29, 0.717) is 6.61 Å². The van der Waals surface area contributed by atoms with Crippen LogP contribution in [-0.2, 0) is 9.53 Å². The van der Waals surface area contributed by atoms with Crippen LogP contribution < -0.4 is 5.32 Å². The molecular weight excluding hydrogens is 174 g/mol. The Balaban J connectivity index is 3.30. The lowest BCUT2D eigenvalue weighted by Gasteiger charge is -2.08. The third-order valence-electron chi connectivity index (χ3n) is 1.33. The molecule has 0 fully saturated rings. The van der Waals surface area contributed by atoms with E-state index in [2.05, 4.69) is 5.32 Å². The van der Waals surface area contributed by atoms with Gasteiger partial charge < -0.3 is 20.3 Å². The van der Waals surface area contributed by atoms with E-state index in [1.54, 1.807) is 0 Å². The summed E-state index contributed by atoms with van der Waals surface area (Å²) in [6.45, 7) is 2.22. The fourth-order valence-electron chi connectivity index (χ4n) is 0.656. The van der Waals surface area contributed by atoms with Gasteiger partial charge in [-0.05, 0) is 6.42 Å². The van der Waals surface area contributed by atoms with Gasteiger partial charge in [-0.3, -0.25) is 4.79 Å². The first-order chi connectivity index (χ1) is 6.20. The highest BCUT2D eigenvalue weighted by Gasteiger charge is 2.04. The number of aliphatic hydroxyl groups excluding tert-OH is 2. The second-order valence-electron chi connectivity index (χ2n) is 2.69. The van der Waals surface area contributed by atoms with Gasteiger partial charge in [-0.2, -0.15) is 0 Å². The molecule has 0 aromatic carbocycles. The number of hydrogen-bond donors (Lipinski definition) is 3. The second-order valence-corrected chi connectivity index (χ2v) is 2.69. The van der Waals surface area contributed by atoms with E-state index in [1.165, 1.54) is 0 Å². The monoisotopic (exact) mass is 191 g/mol. The van der Waals surface area contributed by atoms with Crippen LogP contribution in [0.4, 0.5) is 0 Å². The van der Waals surface area contributed by atoms with Gasteiger partial charge in [0.2, 0.25) is 5.91 Å². The molecule has 0 aliphatic carbocycles. The summed E-state index contributed by atoms with van der Waals surface area (Å²) in [6, 6.07) is 0. The molecule has 1 atom stereocenters. The van der Waals surface area contributed by atoms with Crippen LogP contribution in [0.15, 0.2) is 0 Å². The van der Waals surface area contributed by atoms with Crippen molar-refractivity contribution in [2.75, 3.05) is 26.4 Å². The maximum Gasteiger partial charge on any atom is 0.246 e. The molecule has 0 saturated carbocycles. The second kappa shape index (κ2) is 7.97. The van der Waals surface area contributed by atoms with Gasteiger partial charge in [0, 0.05) is 13.2 Å². The number of carbonyl (C=O) groups is 1. The van der Waals surface area contributed by atoms with Crippen LogP contribution in [0.25, 0.3) is 0 Å². The molecule has 0 aliphatic heterocycles. The minimum Gasteiger partial charge on any atom is -0.394 e. The van der Waals surface area contributed by atoms with E-state index in [4.69, 9.17) is 14.9 Å². The number of ether oxygens (including phenoxy) is 1. The summed E-state index contributed by atoms with van der Waals surface area (Å²) in [4.78, 5) is 10.9. The predicted molar refractivity (Wildman–Crippen MR) is 47.2 cm³/mol. The minimum absolute atomic E-state index is 0.00594.